The quantitative estimate of drug-likeness (QED) is 0.0230. The van der Waals surface area contributed by atoms with Crippen LogP contribution in [0.4, 0.5) is 0 Å². The van der Waals surface area contributed by atoms with E-state index in [-0.39, 0.29) is 19.6 Å². The first-order valence-electron chi connectivity index (χ1n) is 26.5. The lowest BCUT2D eigenvalue weighted by molar-refractivity contribution is -0.124. The Morgan fingerprint density at radius 2 is 0.919 bits per heavy atom. The second kappa shape index (κ2) is 47.9. The van der Waals surface area contributed by atoms with Gasteiger partial charge in [-0.3, -0.25) is 13.8 Å². The van der Waals surface area contributed by atoms with Crippen molar-refractivity contribution in [1.82, 2.24) is 5.32 Å². The van der Waals surface area contributed by atoms with Crippen LogP contribution in [-0.4, -0.2) is 59.0 Å². The van der Waals surface area contributed by atoms with E-state index in [2.05, 4.69) is 31.3 Å². The van der Waals surface area contributed by atoms with Crippen LogP contribution in [0.2, 0.25) is 0 Å². The van der Waals surface area contributed by atoms with E-state index in [0.717, 1.165) is 32.1 Å². The highest BCUT2D eigenvalue weighted by molar-refractivity contribution is 7.47. The molecule has 0 aliphatic heterocycles. The fourth-order valence-corrected chi connectivity index (χ4v) is 8.84. The van der Waals surface area contributed by atoms with Gasteiger partial charge in [0.15, 0.2) is 0 Å². The van der Waals surface area contributed by atoms with Crippen LogP contribution < -0.4 is 11.1 Å². The molecule has 9 nitrogen and oxygen atoms in total. The topological polar surface area (TPSA) is 151 Å². The van der Waals surface area contributed by atoms with Crippen LogP contribution in [0.5, 0.6) is 0 Å². The molecule has 368 valence electrons. The number of hydrogen-bond acceptors (Lipinski definition) is 7. The number of amides is 1. The number of allylic oxidation sites excluding steroid dienone is 3. The van der Waals surface area contributed by atoms with Gasteiger partial charge in [-0.2, -0.15) is 0 Å². The standard InChI is InChI=1S/C52H103N2O7P/c1-3-5-7-9-11-13-15-17-19-21-23-24-26-28-30-32-34-36-38-40-42-44-51(56)50(48-61-62(58,59)60-46-45-53)54-52(57)47-49(55)43-41-39-37-35-33-31-29-27-25-22-20-18-16-14-12-10-8-6-4-2/h34,36,42,44,49-51,55-56H,3-33,35,37-41,43,45-48,53H2,1-2H3,(H,54,57)(H,58,59)/b36-34+,44-42+. The molecule has 0 aromatic carbocycles. The summed E-state index contributed by atoms with van der Waals surface area (Å²) in [7, 11) is -4.41. The fourth-order valence-electron chi connectivity index (χ4n) is 8.08. The third-order valence-electron chi connectivity index (χ3n) is 12.1. The number of carbonyl (C=O) groups is 1. The molecule has 0 saturated heterocycles. The number of nitrogens with two attached hydrogens (primary N) is 1. The normalized spacial score (nSPS) is 14.5. The van der Waals surface area contributed by atoms with Crippen molar-refractivity contribution < 1.29 is 33.5 Å². The molecule has 0 saturated carbocycles. The van der Waals surface area contributed by atoms with E-state index >= 15 is 0 Å². The van der Waals surface area contributed by atoms with Gasteiger partial charge in [-0.15, -0.1) is 0 Å². The van der Waals surface area contributed by atoms with Crippen LogP contribution in [-0.2, 0) is 18.4 Å². The van der Waals surface area contributed by atoms with E-state index in [9.17, 15) is 24.5 Å². The molecule has 0 bridgehead atoms. The summed E-state index contributed by atoms with van der Waals surface area (Å²) in [4.78, 5) is 22.9. The third kappa shape index (κ3) is 45.5. The Balaban J connectivity index is 4.20. The predicted octanol–water partition coefficient (Wildman–Crippen LogP) is 14.7. The molecule has 4 unspecified atom stereocenters. The van der Waals surface area contributed by atoms with Gasteiger partial charge in [-0.25, -0.2) is 4.57 Å². The molecule has 6 N–H and O–H groups in total. The molecule has 0 fully saturated rings. The maximum absolute atomic E-state index is 12.9. The highest BCUT2D eigenvalue weighted by Crippen LogP contribution is 2.43. The summed E-state index contributed by atoms with van der Waals surface area (Å²) in [5, 5.41) is 24.2. The van der Waals surface area contributed by atoms with Crippen molar-refractivity contribution in [2.75, 3.05) is 19.8 Å². The minimum absolute atomic E-state index is 0.0464. The van der Waals surface area contributed by atoms with Crippen molar-refractivity contribution in [3.05, 3.63) is 24.3 Å². The molecule has 0 spiro atoms. The van der Waals surface area contributed by atoms with Crippen molar-refractivity contribution in [3.63, 3.8) is 0 Å². The van der Waals surface area contributed by atoms with Gasteiger partial charge in [0.05, 0.1) is 37.9 Å². The summed E-state index contributed by atoms with van der Waals surface area (Å²) in [5.74, 6) is -0.450. The van der Waals surface area contributed by atoms with Crippen molar-refractivity contribution in [1.29, 1.82) is 0 Å². The van der Waals surface area contributed by atoms with Crippen molar-refractivity contribution in [2.45, 2.75) is 283 Å². The Kier molecular flexibility index (Phi) is 47.1. The van der Waals surface area contributed by atoms with Gasteiger partial charge >= 0.3 is 7.82 Å². The number of rotatable bonds is 50. The van der Waals surface area contributed by atoms with Crippen molar-refractivity contribution in [2.24, 2.45) is 5.73 Å². The molecule has 10 heteroatoms. The SMILES string of the molecule is CCCCCCCCCCCCCCCCC/C=C/CC/C=C/C(O)C(COP(=O)(O)OCCN)NC(=O)CC(O)CCCCCCCCCCCCCCCCCCCCC. The zero-order valence-electron chi connectivity index (χ0n) is 40.7. The number of aliphatic hydroxyl groups excluding tert-OH is 2. The number of aliphatic hydroxyl groups is 2. The minimum atomic E-state index is -4.41. The smallest absolute Gasteiger partial charge is 0.393 e. The summed E-state index contributed by atoms with van der Waals surface area (Å²) < 4.78 is 22.2. The first kappa shape index (κ1) is 60.9. The number of carbonyl (C=O) groups excluding carboxylic acids is 1. The number of phosphoric ester groups is 1. The molecule has 0 heterocycles. The predicted molar refractivity (Wildman–Crippen MR) is 264 cm³/mol. The van der Waals surface area contributed by atoms with Crippen LogP contribution in [0.3, 0.4) is 0 Å². The fraction of sp³-hybridized carbons (Fsp3) is 0.904. The second-order valence-electron chi connectivity index (χ2n) is 18.3. The number of nitrogens with one attached hydrogen (secondary N) is 1. The molecule has 0 aliphatic rings. The van der Waals surface area contributed by atoms with Gasteiger partial charge in [0.1, 0.15) is 0 Å². The molecule has 0 radical (unpaired) electrons. The van der Waals surface area contributed by atoms with E-state index in [4.69, 9.17) is 14.8 Å². The number of phosphoric acid groups is 1. The largest absolute Gasteiger partial charge is 0.472 e. The average molecular weight is 899 g/mol. The minimum Gasteiger partial charge on any atom is -0.393 e. The van der Waals surface area contributed by atoms with Crippen LogP contribution >= 0.6 is 7.82 Å². The van der Waals surface area contributed by atoms with Crippen LogP contribution in [0.1, 0.15) is 264 Å². The monoisotopic (exact) mass is 899 g/mol. The first-order valence-corrected chi connectivity index (χ1v) is 28.0. The molecule has 62 heavy (non-hydrogen) atoms. The van der Waals surface area contributed by atoms with E-state index in [0.29, 0.717) is 12.8 Å². The molecule has 0 aromatic heterocycles. The molecule has 0 rings (SSSR count). The van der Waals surface area contributed by atoms with E-state index in [1.54, 1.807) is 6.08 Å². The Labute approximate surface area is 383 Å². The van der Waals surface area contributed by atoms with Crippen LogP contribution in [0.25, 0.3) is 0 Å². The van der Waals surface area contributed by atoms with Gasteiger partial charge in [0, 0.05) is 6.54 Å². The maximum Gasteiger partial charge on any atom is 0.472 e. The van der Waals surface area contributed by atoms with E-state index in [1.165, 1.54) is 199 Å². The highest BCUT2D eigenvalue weighted by Gasteiger charge is 2.27. The zero-order chi connectivity index (χ0) is 45.5. The lowest BCUT2D eigenvalue weighted by Gasteiger charge is -2.24. The Bertz CT molecular complexity index is 1040. The Morgan fingerprint density at radius 1 is 0.548 bits per heavy atom. The van der Waals surface area contributed by atoms with Crippen molar-refractivity contribution in [3.8, 4) is 0 Å². The molecule has 0 aromatic rings. The molecular weight excluding hydrogens is 796 g/mol. The van der Waals surface area contributed by atoms with Gasteiger partial charge in [0.2, 0.25) is 5.91 Å². The molecule has 0 aliphatic carbocycles. The first-order chi connectivity index (χ1) is 30.3. The second-order valence-corrected chi connectivity index (χ2v) is 19.7. The highest BCUT2D eigenvalue weighted by atomic mass is 31.2. The number of hydrogen-bond donors (Lipinski definition) is 5. The van der Waals surface area contributed by atoms with E-state index in [1.807, 2.05) is 6.08 Å². The summed E-state index contributed by atoms with van der Waals surface area (Å²) in [6.45, 7) is 4.00. The summed E-state index contributed by atoms with van der Waals surface area (Å²) in [6, 6.07) is -0.997. The lowest BCUT2D eigenvalue weighted by atomic mass is 10.0. The lowest BCUT2D eigenvalue weighted by Crippen LogP contribution is -2.46. The maximum atomic E-state index is 12.9. The Hall–Kier alpha value is -1.06. The van der Waals surface area contributed by atoms with Crippen molar-refractivity contribution >= 4 is 13.7 Å². The van der Waals surface area contributed by atoms with Gasteiger partial charge in [-0.1, -0.05) is 250 Å². The molecule has 1 amide bonds. The zero-order valence-corrected chi connectivity index (χ0v) is 41.6. The molecular formula is C52H103N2O7P. The van der Waals surface area contributed by atoms with Crippen LogP contribution in [0.15, 0.2) is 24.3 Å². The molecule has 4 atom stereocenters. The third-order valence-corrected chi connectivity index (χ3v) is 13.1. The number of unbranched alkanes of at least 4 members (excludes halogenated alkanes) is 34. The average Bonchev–Trinajstić information content (AvgIpc) is 3.25. The van der Waals surface area contributed by atoms with Crippen LogP contribution in [0, 0.1) is 0 Å². The summed E-state index contributed by atoms with van der Waals surface area (Å²) in [5.41, 5.74) is 5.38. The van der Waals surface area contributed by atoms with Gasteiger partial charge in [0.25, 0.3) is 0 Å². The van der Waals surface area contributed by atoms with Gasteiger partial charge < -0.3 is 26.2 Å². The summed E-state index contributed by atoms with van der Waals surface area (Å²) >= 11 is 0. The summed E-state index contributed by atoms with van der Waals surface area (Å²) in [6.07, 6.45) is 54.2. The van der Waals surface area contributed by atoms with E-state index < -0.39 is 38.6 Å². The Morgan fingerprint density at radius 3 is 1.34 bits per heavy atom. The van der Waals surface area contributed by atoms with Gasteiger partial charge in [-0.05, 0) is 32.1 Å².